The predicted octanol–water partition coefficient (Wildman–Crippen LogP) is 3.55. The Morgan fingerprint density at radius 3 is 2.63 bits per heavy atom. The molecule has 0 aromatic carbocycles. The van der Waals surface area contributed by atoms with Gasteiger partial charge >= 0.3 is 0 Å². The lowest BCUT2D eigenvalue weighted by molar-refractivity contribution is 0.790. The third kappa shape index (κ3) is 3.67. The monoisotopic (exact) mass is 275 g/mol. The minimum absolute atomic E-state index is 0.499. The second kappa shape index (κ2) is 6.53. The zero-order valence-corrected chi connectivity index (χ0v) is 12.1. The molecule has 0 saturated heterocycles. The number of pyridine rings is 2. The highest BCUT2D eigenvalue weighted by Gasteiger charge is 2.07. The number of alkyl halides is 1. The molecule has 0 unspecified atom stereocenters. The quantitative estimate of drug-likeness (QED) is 0.782. The van der Waals surface area contributed by atoms with Crippen LogP contribution in [-0.2, 0) is 12.4 Å². The molecule has 2 heterocycles. The summed E-state index contributed by atoms with van der Waals surface area (Å²) in [4.78, 5) is 11.2. The summed E-state index contributed by atoms with van der Waals surface area (Å²) in [6, 6.07) is 10.1. The number of aryl methyl sites for hydroxylation is 1. The van der Waals surface area contributed by atoms with E-state index in [4.69, 9.17) is 11.6 Å². The SMILES string of the molecule is CCN(Cc1cccc(C)n1)c1ccc(CCl)cn1. The van der Waals surface area contributed by atoms with Crippen molar-refractivity contribution >= 4 is 17.4 Å². The van der Waals surface area contributed by atoms with Crippen molar-refractivity contribution in [2.24, 2.45) is 0 Å². The molecule has 100 valence electrons. The highest BCUT2D eigenvalue weighted by molar-refractivity contribution is 6.17. The number of aromatic nitrogens is 2. The molecule has 0 N–H and O–H groups in total. The molecule has 0 radical (unpaired) electrons. The zero-order valence-electron chi connectivity index (χ0n) is 11.3. The first kappa shape index (κ1) is 13.8. The molecule has 2 aromatic rings. The molecule has 2 rings (SSSR count). The van der Waals surface area contributed by atoms with Crippen LogP contribution in [0.2, 0.25) is 0 Å². The minimum Gasteiger partial charge on any atom is -0.351 e. The standard InChI is InChI=1S/C15H18ClN3/c1-3-19(11-14-6-4-5-12(2)18-14)15-8-7-13(9-16)10-17-15/h4-8,10H,3,9,11H2,1-2H3. The summed E-state index contributed by atoms with van der Waals surface area (Å²) in [7, 11) is 0. The van der Waals surface area contributed by atoms with E-state index < -0.39 is 0 Å². The molecule has 0 aliphatic rings. The summed E-state index contributed by atoms with van der Waals surface area (Å²) in [6.07, 6.45) is 1.83. The van der Waals surface area contributed by atoms with Gasteiger partial charge in [-0.1, -0.05) is 12.1 Å². The Kier molecular flexibility index (Phi) is 4.74. The van der Waals surface area contributed by atoms with Gasteiger partial charge in [-0.3, -0.25) is 4.98 Å². The molecular weight excluding hydrogens is 258 g/mol. The van der Waals surface area contributed by atoms with Crippen molar-refractivity contribution in [2.75, 3.05) is 11.4 Å². The fourth-order valence-corrected chi connectivity index (χ4v) is 2.08. The van der Waals surface area contributed by atoms with Crippen molar-refractivity contribution in [1.82, 2.24) is 9.97 Å². The first-order valence-corrected chi connectivity index (χ1v) is 6.94. The van der Waals surface area contributed by atoms with Crippen molar-refractivity contribution in [3.8, 4) is 0 Å². The van der Waals surface area contributed by atoms with Gasteiger partial charge in [0.2, 0.25) is 0 Å². The van der Waals surface area contributed by atoms with Gasteiger partial charge < -0.3 is 4.90 Å². The van der Waals surface area contributed by atoms with Gasteiger partial charge in [0.1, 0.15) is 5.82 Å². The molecule has 0 atom stereocenters. The van der Waals surface area contributed by atoms with Gasteiger partial charge in [0.05, 0.1) is 12.2 Å². The number of nitrogens with zero attached hydrogens (tertiary/aromatic N) is 3. The van der Waals surface area contributed by atoms with Crippen molar-refractivity contribution in [2.45, 2.75) is 26.3 Å². The number of hydrogen-bond acceptors (Lipinski definition) is 3. The largest absolute Gasteiger partial charge is 0.351 e. The third-order valence-electron chi connectivity index (χ3n) is 2.97. The summed E-state index contributed by atoms with van der Waals surface area (Å²) in [6.45, 7) is 5.79. The van der Waals surface area contributed by atoms with Gasteiger partial charge in [-0.25, -0.2) is 4.98 Å². The zero-order chi connectivity index (χ0) is 13.7. The van der Waals surface area contributed by atoms with Crippen LogP contribution in [0.3, 0.4) is 0 Å². The smallest absolute Gasteiger partial charge is 0.128 e. The van der Waals surface area contributed by atoms with Crippen LogP contribution >= 0.6 is 11.6 Å². The second-order valence-electron chi connectivity index (χ2n) is 4.44. The second-order valence-corrected chi connectivity index (χ2v) is 4.71. The summed E-state index contributed by atoms with van der Waals surface area (Å²) in [5.74, 6) is 1.46. The van der Waals surface area contributed by atoms with Crippen LogP contribution in [0.1, 0.15) is 23.9 Å². The molecule has 0 amide bonds. The molecular formula is C15H18ClN3. The Labute approximate surface area is 119 Å². The van der Waals surface area contributed by atoms with Gasteiger partial charge in [0, 0.05) is 24.3 Å². The topological polar surface area (TPSA) is 29.0 Å². The van der Waals surface area contributed by atoms with Gasteiger partial charge in [0.15, 0.2) is 0 Å². The van der Waals surface area contributed by atoms with Crippen molar-refractivity contribution in [3.63, 3.8) is 0 Å². The first-order chi connectivity index (χ1) is 9.22. The van der Waals surface area contributed by atoms with E-state index in [1.807, 2.05) is 43.5 Å². The average molecular weight is 276 g/mol. The Bertz CT molecular complexity index is 525. The molecule has 0 aliphatic heterocycles. The fourth-order valence-electron chi connectivity index (χ4n) is 1.92. The van der Waals surface area contributed by atoms with Crippen molar-refractivity contribution in [3.05, 3.63) is 53.5 Å². The number of anilines is 1. The number of hydrogen-bond donors (Lipinski definition) is 0. The van der Waals surface area contributed by atoms with Gasteiger partial charge in [-0.15, -0.1) is 11.6 Å². The number of rotatable bonds is 5. The normalized spacial score (nSPS) is 10.5. The lowest BCUT2D eigenvalue weighted by Crippen LogP contribution is -2.23. The van der Waals surface area contributed by atoms with Crippen LogP contribution in [0.4, 0.5) is 5.82 Å². The molecule has 0 fully saturated rings. The molecule has 19 heavy (non-hydrogen) atoms. The Hall–Kier alpha value is -1.61. The lowest BCUT2D eigenvalue weighted by Gasteiger charge is -2.21. The Morgan fingerprint density at radius 2 is 2.05 bits per heavy atom. The van der Waals surface area contributed by atoms with Crippen LogP contribution in [0, 0.1) is 6.92 Å². The van der Waals surface area contributed by atoms with E-state index in [1.54, 1.807) is 0 Å². The van der Waals surface area contributed by atoms with E-state index >= 15 is 0 Å². The molecule has 3 nitrogen and oxygen atoms in total. The summed E-state index contributed by atoms with van der Waals surface area (Å²) >= 11 is 5.78. The molecule has 0 spiro atoms. The Balaban J connectivity index is 2.15. The Morgan fingerprint density at radius 1 is 1.21 bits per heavy atom. The maximum absolute atomic E-state index is 5.78. The first-order valence-electron chi connectivity index (χ1n) is 6.41. The molecule has 0 bridgehead atoms. The maximum atomic E-state index is 5.78. The predicted molar refractivity (Wildman–Crippen MR) is 79.5 cm³/mol. The van der Waals surface area contributed by atoms with E-state index in [9.17, 15) is 0 Å². The van der Waals surface area contributed by atoms with Crippen LogP contribution < -0.4 is 4.90 Å². The van der Waals surface area contributed by atoms with Crippen LogP contribution in [0.15, 0.2) is 36.5 Å². The molecule has 0 aliphatic carbocycles. The highest BCUT2D eigenvalue weighted by Crippen LogP contribution is 2.15. The fraction of sp³-hybridized carbons (Fsp3) is 0.333. The maximum Gasteiger partial charge on any atom is 0.128 e. The van der Waals surface area contributed by atoms with E-state index in [1.165, 1.54) is 0 Å². The van der Waals surface area contributed by atoms with E-state index in [0.29, 0.717) is 5.88 Å². The van der Waals surface area contributed by atoms with Crippen LogP contribution in [0.5, 0.6) is 0 Å². The summed E-state index contributed by atoms with van der Waals surface area (Å²) < 4.78 is 0. The summed E-state index contributed by atoms with van der Waals surface area (Å²) in [5.41, 5.74) is 3.14. The average Bonchev–Trinajstić information content (AvgIpc) is 2.45. The summed E-state index contributed by atoms with van der Waals surface area (Å²) in [5, 5.41) is 0. The van der Waals surface area contributed by atoms with E-state index in [0.717, 1.165) is 35.9 Å². The van der Waals surface area contributed by atoms with Gasteiger partial charge in [0.25, 0.3) is 0 Å². The minimum atomic E-state index is 0.499. The number of halogens is 1. The van der Waals surface area contributed by atoms with Crippen LogP contribution in [0.25, 0.3) is 0 Å². The van der Waals surface area contributed by atoms with E-state index in [-0.39, 0.29) is 0 Å². The third-order valence-corrected chi connectivity index (χ3v) is 3.28. The van der Waals surface area contributed by atoms with Gasteiger partial charge in [-0.2, -0.15) is 0 Å². The van der Waals surface area contributed by atoms with Gasteiger partial charge in [-0.05, 0) is 37.6 Å². The van der Waals surface area contributed by atoms with Crippen molar-refractivity contribution < 1.29 is 0 Å². The van der Waals surface area contributed by atoms with E-state index in [2.05, 4.69) is 21.8 Å². The van der Waals surface area contributed by atoms with Crippen molar-refractivity contribution in [1.29, 1.82) is 0 Å². The highest BCUT2D eigenvalue weighted by atomic mass is 35.5. The lowest BCUT2D eigenvalue weighted by atomic mass is 10.2. The molecule has 0 saturated carbocycles. The van der Waals surface area contributed by atoms with Crippen LogP contribution in [-0.4, -0.2) is 16.5 Å². The molecule has 2 aromatic heterocycles. The molecule has 4 heteroatoms.